The summed E-state index contributed by atoms with van der Waals surface area (Å²) in [5, 5.41) is 0.336. The summed E-state index contributed by atoms with van der Waals surface area (Å²) in [6.45, 7) is 6.31. The van der Waals surface area contributed by atoms with Crippen molar-refractivity contribution in [3.63, 3.8) is 0 Å². The van der Waals surface area contributed by atoms with Gasteiger partial charge in [0, 0.05) is 17.0 Å². The minimum atomic E-state index is -0.361. The van der Waals surface area contributed by atoms with Crippen molar-refractivity contribution in [3.8, 4) is 11.3 Å². The molecule has 1 aliphatic carbocycles. The first kappa shape index (κ1) is 14.4. The fraction of sp³-hybridized carbons (Fsp3) is 0.438. The van der Waals surface area contributed by atoms with E-state index in [2.05, 4.69) is 25.3 Å². The molecular formula is C16H19ClFN3. The number of rotatable bonds is 2. The van der Waals surface area contributed by atoms with Crippen LogP contribution in [0.5, 0.6) is 0 Å². The zero-order chi connectivity index (χ0) is 15.4. The molecule has 3 nitrogen and oxygen atoms in total. The Morgan fingerprint density at radius 2 is 2.00 bits per heavy atom. The molecule has 0 amide bonds. The number of halogens is 2. The number of anilines is 1. The summed E-state index contributed by atoms with van der Waals surface area (Å²) in [6.07, 6.45) is 2.28. The lowest BCUT2D eigenvalue weighted by molar-refractivity contribution is 0.388. The highest BCUT2D eigenvalue weighted by molar-refractivity contribution is 6.33. The lowest BCUT2D eigenvalue weighted by Gasteiger charge is -2.25. The number of hydrogen-bond acceptors (Lipinski definition) is 2. The van der Waals surface area contributed by atoms with E-state index in [4.69, 9.17) is 22.3 Å². The summed E-state index contributed by atoms with van der Waals surface area (Å²) in [7, 11) is 0. The third-order valence-corrected chi connectivity index (χ3v) is 4.05. The van der Waals surface area contributed by atoms with E-state index in [-0.39, 0.29) is 11.4 Å². The number of nitrogens with two attached hydrogens (primary N) is 1. The Kier molecular flexibility index (Phi) is 3.24. The van der Waals surface area contributed by atoms with E-state index in [0.717, 1.165) is 18.7 Å². The Labute approximate surface area is 128 Å². The first-order valence-corrected chi connectivity index (χ1v) is 7.51. The Morgan fingerprint density at radius 3 is 2.52 bits per heavy atom. The Morgan fingerprint density at radius 1 is 1.33 bits per heavy atom. The molecule has 0 saturated heterocycles. The van der Waals surface area contributed by atoms with Gasteiger partial charge in [-0.3, -0.25) is 0 Å². The number of imidazole rings is 1. The van der Waals surface area contributed by atoms with Gasteiger partial charge in [-0.25, -0.2) is 9.37 Å². The molecule has 1 heterocycles. The van der Waals surface area contributed by atoms with Crippen LogP contribution in [0.1, 0.15) is 45.4 Å². The van der Waals surface area contributed by atoms with Crippen LogP contribution in [-0.2, 0) is 5.54 Å². The monoisotopic (exact) mass is 307 g/mol. The quantitative estimate of drug-likeness (QED) is 0.884. The highest BCUT2D eigenvalue weighted by Crippen LogP contribution is 2.45. The molecule has 1 saturated carbocycles. The van der Waals surface area contributed by atoms with Crippen molar-refractivity contribution in [1.82, 2.24) is 9.55 Å². The second kappa shape index (κ2) is 4.73. The maximum Gasteiger partial charge on any atom is 0.132 e. The van der Waals surface area contributed by atoms with E-state index in [1.807, 2.05) is 0 Å². The van der Waals surface area contributed by atoms with Crippen LogP contribution in [0.25, 0.3) is 11.3 Å². The van der Waals surface area contributed by atoms with Crippen molar-refractivity contribution < 1.29 is 4.39 Å². The van der Waals surface area contributed by atoms with Crippen molar-refractivity contribution >= 4 is 17.4 Å². The van der Waals surface area contributed by atoms with Crippen molar-refractivity contribution in [2.75, 3.05) is 5.73 Å². The predicted molar refractivity (Wildman–Crippen MR) is 84.0 cm³/mol. The fourth-order valence-corrected chi connectivity index (χ4v) is 2.91. The van der Waals surface area contributed by atoms with Crippen LogP contribution < -0.4 is 5.73 Å². The van der Waals surface area contributed by atoms with Gasteiger partial charge >= 0.3 is 0 Å². The molecule has 5 heteroatoms. The van der Waals surface area contributed by atoms with Gasteiger partial charge in [-0.1, -0.05) is 11.6 Å². The van der Waals surface area contributed by atoms with Gasteiger partial charge in [0.2, 0.25) is 0 Å². The number of aromatic nitrogens is 2. The van der Waals surface area contributed by atoms with Gasteiger partial charge in [0.15, 0.2) is 0 Å². The average Bonchev–Trinajstić information content (AvgIpc) is 3.13. The summed E-state index contributed by atoms with van der Waals surface area (Å²) in [4.78, 5) is 4.73. The number of hydrogen-bond donors (Lipinski definition) is 1. The van der Waals surface area contributed by atoms with Gasteiger partial charge < -0.3 is 10.3 Å². The minimum absolute atomic E-state index is 0.153. The summed E-state index contributed by atoms with van der Waals surface area (Å²) < 4.78 is 15.3. The Bertz CT molecular complexity index is 696. The lowest BCUT2D eigenvalue weighted by Crippen LogP contribution is -2.25. The molecule has 2 aromatic rings. The van der Waals surface area contributed by atoms with Crippen molar-refractivity contribution in [2.45, 2.75) is 45.1 Å². The normalized spacial score (nSPS) is 15.5. The number of nitrogen functional groups attached to an aromatic ring is 1. The summed E-state index contributed by atoms with van der Waals surface area (Å²) in [5.41, 5.74) is 7.52. The highest BCUT2D eigenvalue weighted by Gasteiger charge is 2.34. The summed E-state index contributed by atoms with van der Waals surface area (Å²) in [6, 6.07) is 4.32. The largest absolute Gasteiger partial charge is 0.383 e. The van der Waals surface area contributed by atoms with Crippen LogP contribution in [0.3, 0.4) is 0 Å². The third kappa shape index (κ3) is 2.53. The molecule has 0 aliphatic heterocycles. The second-order valence-corrected chi connectivity index (χ2v) is 7.02. The number of nitrogens with zero attached hydrogens (tertiary/aromatic N) is 2. The van der Waals surface area contributed by atoms with Crippen LogP contribution in [0.2, 0.25) is 5.02 Å². The molecule has 1 aromatic heterocycles. The topological polar surface area (TPSA) is 43.8 Å². The summed E-state index contributed by atoms with van der Waals surface area (Å²) >= 11 is 6.16. The fourth-order valence-electron chi connectivity index (χ4n) is 2.65. The van der Waals surface area contributed by atoms with E-state index in [1.165, 1.54) is 12.1 Å². The third-order valence-electron chi connectivity index (χ3n) is 3.74. The molecular weight excluding hydrogens is 289 g/mol. The molecule has 21 heavy (non-hydrogen) atoms. The number of benzene rings is 1. The highest BCUT2D eigenvalue weighted by atomic mass is 35.5. The van der Waals surface area contributed by atoms with E-state index in [0.29, 0.717) is 28.0 Å². The van der Waals surface area contributed by atoms with Crippen LogP contribution >= 0.6 is 11.6 Å². The van der Waals surface area contributed by atoms with Crippen LogP contribution in [-0.4, -0.2) is 9.55 Å². The molecule has 0 radical (unpaired) electrons. The minimum Gasteiger partial charge on any atom is -0.383 e. The van der Waals surface area contributed by atoms with Crippen LogP contribution in [0.4, 0.5) is 10.2 Å². The van der Waals surface area contributed by atoms with Crippen LogP contribution in [0.15, 0.2) is 18.2 Å². The molecule has 0 spiro atoms. The first-order chi connectivity index (χ1) is 9.79. The van der Waals surface area contributed by atoms with Gasteiger partial charge in [0.1, 0.15) is 23.2 Å². The predicted octanol–water partition coefficient (Wildman–Crippen LogP) is 4.56. The van der Waals surface area contributed by atoms with Gasteiger partial charge in [0.05, 0.1) is 5.02 Å². The molecule has 1 aromatic carbocycles. The smallest absolute Gasteiger partial charge is 0.132 e. The molecule has 0 bridgehead atoms. The van der Waals surface area contributed by atoms with Gasteiger partial charge in [-0.15, -0.1) is 0 Å². The molecule has 1 aliphatic rings. The van der Waals surface area contributed by atoms with E-state index >= 15 is 0 Å². The molecule has 0 unspecified atom stereocenters. The van der Waals surface area contributed by atoms with Crippen molar-refractivity contribution in [2.24, 2.45) is 0 Å². The molecule has 3 rings (SSSR count). The SMILES string of the molecule is CC(C)(C)n1c(C2CC2)nc(-c2ccc(F)cc2Cl)c1N. The Hall–Kier alpha value is -1.55. The van der Waals surface area contributed by atoms with Crippen molar-refractivity contribution in [1.29, 1.82) is 0 Å². The zero-order valence-corrected chi connectivity index (χ0v) is 13.2. The Balaban J connectivity index is 2.20. The van der Waals surface area contributed by atoms with E-state index in [9.17, 15) is 4.39 Å². The van der Waals surface area contributed by atoms with E-state index in [1.54, 1.807) is 6.07 Å². The summed E-state index contributed by atoms with van der Waals surface area (Å²) in [5.74, 6) is 1.72. The standard InChI is InChI=1S/C16H19ClFN3/c1-16(2,3)21-14(19)13(20-15(21)9-4-5-9)11-7-6-10(18)8-12(11)17/h6-9H,4-5,19H2,1-3H3. The molecule has 2 N–H and O–H groups in total. The van der Waals surface area contributed by atoms with Gasteiger partial charge in [-0.2, -0.15) is 0 Å². The van der Waals surface area contributed by atoms with Gasteiger partial charge in [0.25, 0.3) is 0 Å². The average molecular weight is 308 g/mol. The van der Waals surface area contributed by atoms with Crippen LogP contribution in [0, 0.1) is 5.82 Å². The first-order valence-electron chi connectivity index (χ1n) is 7.13. The van der Waals surface area contributed by atoms with E-state index < -0.39 is 0 Å². The second-order valence-electron chi connectivity index (χ2n) is 6.61. The zero-order valence-electron chi connectivity index (χ0n) is 12.5. The molecule has 112 valence electrons. The molecule has 0 atom stereocenters. The van der Waals surface area contributed by atoms with Crippen molar-refractivity contribution in [3.05, 3.63) is 34.9 Å². The maximum absolute atomic E-state index is 13.2. The maximum atomic E-state index is 13.2. The lowest BCUT2D eigenvalue weighted by atomic mass is 10.1. The molecule has 1 fully saturated rings. The van der Waals surface area contributed by atoms with Gasteiger partial charge in [-0.05, 0) is 51.8 Å².